The fraction of sp³-hybridized carbons (Fsp3) is 0.200. The number of aryl methyl sites for hydroxylation is 1. The van der Waals surface area contributed by atoms with Crippen molar-refractivity contribution in [3.63, 3.8) is 0 Å². The Morgan fingerprint density at radius 1 is 1.12 bits per heavy atom. The lowest BCUT2D eigenvalue weighted by molar-refractivity contribution is -0.386. The summed E-state index contributed by atoms with van der Waals surface area (Å²) < 4.78 is 5.19. The predicted octanol–water partition coefficient (Wildman–Crippen LogP) is 4.49. The van der Waals surface area contributed by atoms with E-state index < -0.39 is 4.92 Å². The molecule has 6 heteroatoms. The van der Waals surface area contributed by atoms with Crippen LogP contribution in [0.1, 0.15) is 39.7 Å². The molecule has 0 aliphatic heterocycles. The molecule has 1 heterocycles. The highest BCUT2D eigenvalue weighted by atomic mass is 16.6. The second kappa shape index (κ2) is 7.74. The Morgan fingerprint density at radius 3 is 2.35 bits per heavy atom. The summed E-state index contributed by atoms with van der Waals surface area (Å²) in [5, 5.41) is 15.0. The van der Waals surface area contributed by atoms with Gasteiger partial charge >= 0.3 is 5.69 Å². The van der Waals surface area contributed by atoms with Crippen molar-refractivity contribution in [2.75, 3.05) is 0 Å². The molecule has 132 valence electrons. The van der Waals surface area contributed by atoms with Crippen molar-refractivity contribution >= 4 is 11.5 Å². The summed E-state index contributed by atoms with van der Waals surface area (Å²) in [5.41, 5.74) is 1.68. The van der Waals surface area contributed by atoms with E-state index in [1.165, 1.54) is 6.92 Å². The summed E-state index contributed by atoms with van der Waals surface area (Å²) in [4.78, 5) is 23.5. The number of carbonyl (C=O) groups is 1. The summed E-state index contributed by atoms with van der Waals surface area (Å²) in [5.74, 6) is -0.0597. The maximum atomic E-state index is 12.7. The highest BCUT2D eigenvalue weighted by Gasteiger charge is 2.28. The quantitative estimate of drug-likeness (QED) is 0.356. The van der Waals surface area contributed by atoms with Gasteiger partial charge in [-0.25, -0.2) is 0 Å². The van der Waals surface area contributed by atoms with Gasteiger partial charge in [0.15, 0.2) is 11.5 Å². The van der Waals surface area contributed by atoms with Gasteiger partial charge in [-0.1, -0.05) is 65.8 Å². The van der Waals surface area contributed by atoms with E-state index in [9.17, 15) is 14.9 Å². The normalized spacial score (nSPS) is 11.9. The average molecular weight is 350 g/mol. The minimum absolute atomic E-state index is 0.0154. The molecule has 0 bridgehead atoms. The third-order valence-electron chi connectivity index (χ3n) is 4.31. The van der Waals surface area contributed by atoms with Crippen LogP contribution >= 0.6 is 0 Å². The van der Waals surface area contributed by atoms with E-state index in [0.29, 0.717) is 5.56 Å². The predicted molar refractivity (Wildman–Crippen MR) is 96.2 cm³/mol. The fourth-order valence-electron chi connectivity index (χ4n) is 3.00. The molecule has 26 heavy (non-hydrogen) atoms. The molecule has 3 aromatic rings. The number of rotatable bonds is 7. The van der Waals surface area contributed by atoms with Gasteiger partial charge in [-0.15, -0.1) is 0 Å². The molecule has 0 saturated carbocycles. The van der Waals surface area contributed by atoms with Gasteiger partial charge in [-0.2, -0.15) is 0 Å². The second-order valence-electron chi connectivity index (χ2n) is 6.10. The third kappa shape index (κ3) is 3.85. The molecular weight excluding hydrogens is 332 g/mol. The molecule has 0 spiro atoms. The molecule has 2 aromatic carbocycles. The summed E-state index contributed by atoms with van der Waals surface area (Å²) in [6.45, 7) is 1.54. The van der Waals surface area contributed by atoms with Crippen LogP contribution in [0.15, 0.2) is 65.2 Å². The fourth-order valence-corrected chi connectivity index (χ4v) is 3.00. The molecule has 0 N–H and O–H groups in total. The summed E-state index contributed by atoms with van der Waals surface area (Å²) in [7, 11) is 0. The zero-order valence-electron chi connectivity index (χ0n) is 14.3. The van der Waals surface area contributed by atoms with E-state index in [4.69, 9.17) is 4.52 Å². The van der Waals surface area contributed by atoms with E-state index in [-0.39, 0.29) is 41.7 Å². The Bertz CT molecular complexity index is 904. The van der Waals surface area contributed by atoms with Gasteiger partial charge in [-0.05, 0) is 18.4 Å². The molecular formula is C20H18N2O4. The summed E-state index contributed by atoms with van der Waals surface area (Å²) in [6.07, 6.45) is 0.463. The van der Waals surface area contributed by atoms with Gasteiger partial charge in [0.25, 0.3) is 0 Å². The lowest BCUT2D eigenvalue weighted by Gasteiger charge is -2.15. The maximum Gasteiger partial charge on any atom is 0.334 e. The largest absolute Gasteiger partial charge is 0.354 e. The molecule has 0 fully saturated rings. The summed E-state index contributed by atoms with van der Waals surface area (Å²) >= 11 is 0. The number of hydrogen-bond donors (Lipinski definition) is 0. The van der Waals surface area contributed by atoms with Crippen molar-refractivity contribution in [2.24, 2.45) is 0 Å². The zero-order valence-corrected chi connectivity index (χ0v) is 14.3. The van der Waals surface area contributed by atoms with Crippen LogP contribution in [0, 0.1) is 17.0 Å². The Morgan fingerprint density at radius 2 is 1.73 bits per heavy atom. The monoisotopic (exact) mass is 350 g/mol. The zero-order chi connectivity index (χ0) is 18.5. The number of carbonyl (C=O) groups excluding carboxylic acids is 1. The smallest absolute Gasteiger partial charge is 0.334 e. The van der Waals surface area contributed by atoms with Crippen LogP contribution in [-0.4, -0.2) is 15.9 Å². The number of hydrogen-bond acceptors (Lipinski definition) is 5. The minimum atomic E-state index is -0.484. The van der Waals surface area contributed by atoms with Gasteiger partial charge in [0, 0.05) is 18.4 Å². The highest BCUT2D eigenvalue weighted by Crippen LogP contribution is 2.31. The first kappa shape index (κ1) is 17.5. The maximum absolute atomic E-state index is 12.7. The second-order valence-corrected chi connectivity index (χ2v) is 6.10. The van der Waals surface area contributed by atoms with Gasteiger partial charge < -0.3 is 4.52 Å². The van der Waals surface area contributed by atoms with Crippen molar-refractivity contribution in [1.82, 2.24) is 5.16 Å². The Kier molecular flexibility index (Phi) is 5.22. The number of aromatic nitrogens is 1. The molecule has 0 unspecified atom stereocenters. The molecule has 0 radical (unpaired) electrons. The summed E-state index contributed by atoms with van der Waals surface area (Å²) in [6, 6.07) is 18.5. The lowest BCUT2D eigenvalue weighted by Crippen LogP contribution is -2.11. The van der Waals surface area contributed by atoms with Crippen molar-refractivity contribution < 1.29 is 14.2 Å². The standard InChI is InChI=1S/C20H18N2O4/c1-14-20(22(24)25)19(26-21-14)13-17(15-8-4-2-5-9-15)12-18(23)16-10-6-3-7-11-16/h2-11,17H,12-13H2,1H3/t17-/m0/s1. The number of benzene rings is 2. The first-order chi connectivity index (χ1) is 12.6. The number of nitro groups is 1. The van der Waals surface area contributed by atoms with Crippen LogP contribution in [0.5, 0.6) is 0 Å². The Hall–Kier alpha value is -3.28. The molecule has 3 rings (SSSR count). The Balaban J connectivity index is 1.90. The number of ketones is 1. The molecule has 0 amide bonds. The topological polar surface area (TPSA) is 86.2 Å². The van der Waals surface area contributed by atoms with Crippen molar-refractivity contribution in [1.29, 1.82) is 0 Å². The van der Waals surface area contributed by atoms with Gasteiger partial charge in [0.05, 0.1) is 4.92 Å². The van der Waals surface area contributed by atoms with Crippen molar-refractivity contribution in [2.45, 2.75) is 25.7 Å². The molecule has 1 atom stereocenters. The lowest BCUT2D eigenvalue weighted by atomic mass is 9.88. The van der Waals surface area contributed by atoms with E-state index in [1.54, 1.807) is 12.1 Å². The van der Waals surface area contributed by atoms with E-state index >= 15 is 0 Å². The molecule has 0 saturated heterocycles. The van der Waals surface area contributed by atoms with Crippen molar-refractivity contribution in [3.05, 3.63) is 93.4 Å². The van der Waals surface area contributed by atoms with Crippen LogP contribution < -0.4 is 0 Å². The van der Waals surface area contributed by atoms with Crippen LogP contribution in [0.2, 0.25) is 0 Å². The van der Waals surface area contributed by atoms with Crippen LogP contribution in [0.4, 0.5) is 5.69 Å². The number of Topliss-reactive ketones (excluding diaryl/α,β-unsaturated/α-hetero) is 1. The van der Waals surface area contributed by atoms with Gasteiger partial charge in [0.1, 0.15) is 0 Å². The third-order valence-corrected chi connectivity index (χ3v) is 4.31. The van der Waals surface area contributed by atoms with Gasteiger partial charge in [0.2, 0.25) is 5.76 Å². The molecule has 1 aromatic heterocycles. The first-order valence-corrected chi connectivity index (χ1v) is 8.29. The van der Waals surface area contributed by atoms with E-state index in [2.05, 4.69) is 5.16 Å². The number of nitrogens with zero attached hydrogens (tertiary/aromatic N) is 2. The van der Waals surface area contributed by atoms with Gasteiger partial charge in [-0.3, -0.25) is 14.9 Å². The average Bonchev–Trinajstić information content (AvgIpc) is 3.03. The molecule has 0 aliphatic carbocycles. The van der Waals surface area contributed by atoms with Crippen LogP contribution in [0.25, 0.3) is 0 Å². The highest BCUT2D eigenvalue weighted by molar-refractivity contribution is 5.96. The first-order valence-electron chi connectivity index (χ1n) is 8.29. The van der Waals surface area contributed by atoms with Crippen molar-refractivity contribution in [3.8, 4) is 0 Å². The SMILES string of the molecule is Cc1noc(C[C@H](CC(=O)c2ccccc2)c2ccccc2)c1[N+](=O)[O-]. The minimum Gasteiger partial charge on any atom is -0.354 e. The Labute approximate surface area is 150 Å². The van der Waals surface area contributed by atoms with E-state index in [0.717, 1.165) is 5.56 Å². The van der Waals surface area contributed by atoms with Crippen LogP contribution in [-0.2, 0) is 6.42 Å². The molecule has 6 nitrogen and oxygen atoms in total. The van der Waals surface area contributed by atoms with E-state index in [1.807, 2.05) is 48.5 Å². The van der Waals surface area contributed by atoms with Crippen LogP contribution in [0.3, 0.4) is 0 Å². The molecule has 0 aliphatic rings.